The van der Waals surface area contributed by atoms with Gasteiger partial charge in [-0.05, 0) is 30.8 Å². The number of nitrogens with zero attached hydrogens (tertiary/aromatic N) is 2. The Morgan fingerprint density at radius 3 is 2.97 bits per heavy atom. The van der Waals surface area contributed by atoms with Crippen LogP contribution in [0.15, 0.2) is 47.1 Å². The fourth-order valence-electron chi connectivity index (χ4n) is 3.14. The van der Waals surface area contributed by atoms with Gasteiger partial charge in [-0.25, -0.2) is 4.98 Å². The maximum absolute atomic E-state index is 12.3. The van der Waals surface area contributed by atoms with Crippen LogP contribution in [-0.4, -0.2) is 41.4 Å². The molecule has 2 aromatic heterocycles. The summed E-state index contributed by atoms with van der Waals surface area (Å²) in [6.07, 6.45) is 2.34. The van der Waals surface area contributed by atoms with Crippen molar-refractivity contribution >= 4 is 34.0 Å². The normalized spacial score (nSPS) is 13.5. The van der Waals surface area contributed by atoms with E-state index in [1.54, 1.807) is 36.4 Å². The van der Waals surface area contributed by atoms with E-state index in [0.717, 1.165) is 31.7 Å². The molecular weight excluding hydrogens is 404 g/mol. The minimum absolute atomic E-state index is 0.152. The number of anilines is 2. The number of fused-ring (bicyclic) bond motifs is 1. The maximum Gasteiger partial charge on any atom is 0.291 e. The van der Waals surface area contributed by atoms with Crippen LogP contribution < -0.4 is 15.4 Å². The molecule has 0 bridgehead atoms. The third kappa shape index (κ3) is 4.87. The van der Waals surface area contributed by atoms with Crippen LogP contribution in [0.5, 0.6) is 5.75 Å². The molecule has 0 spiro atoms. The minimum atomic E-state index is -0.357. The van der Waals surface area contributed by atoms with Gasteiger partial charge in [0.1, 0.15) is 5.75 Å². The van der Waals surface area contributed by atoms with Crippen molar-refractivity contribution in [3.63, 3.8) is 0 Å². The standard InChI is InChI=1S/C21H22N4O4S/c1-2-25-9-8-16-18(12-25)30-21(23-16)24-19(26)13-29-15-6-3-5-14(11-15)22-20(27)17-7-4-10-28-17/h3-7,10-11H,2,8-9,12-13H2,1H3,(H,22,27)(H,23,24,26). The van der Waals surface area contributed by atoms with Crippen LogP contribution in [-0.2, 0) is 17.8 Å². The predicted molar refractivity (Wildman–Crippen MR) is 114 cm³/mol. The minimum Gasteiger partial charge on any atom is -0.484 e. The van der Waals surface area contributed by atoms with Crippen molar-refractivity contribution in [2.75, 3.05) is 30.3 Å². The van der Waals surface area contributed by atoms with Gasteiger partial charge in [0, 0.05) is 36.1 Å². The van der Waals surface area contributed by atoms with Crippen molar-refractivity contribution in [2.45, 2.75) is 19.9 Å². The van der Waals surface area contributed by atoms with Crippen LogP contribution >= 0.6 is 11.3 Å². The van der Waals surface area contributed by atoms with E-state index in [-0.39, 0.29) is 24.2 Å². The largest absolute Gasteiger partial charge is 0.484 e. The number of amides is 2. The molecule has 30 heavy (non-hydrogen) atoms. The Labute approximate surface area is 177 Å². The third-order valence-corrected chi connectivity index (χ3v) is 5.71. The number of ether oxygens (including phenoxy) is 1. The highest BCUT2D eigenvalue weighted by atomic mass is 32.1. The summed E-state index contributed by atoms with van der Waals surface area (Å²) >= 11 is 1.52. The average molecular weight is 426 g/mol. The molecule has 2 N–H and O–H groups in total. The lowest BCUT2D eigenvalue weighted by atomic mass is 10.2. The third-order valence-electron chi connectivity index (χ3n) is 4.71. The summed E-state index contributed by atoms with van der Waals surface area (Å²) in [6.45, 7) is 4.88. The van der Waals surface area contributed by atoms with Crippen molar-refractivity contribution in [3.05, 3.63) is 59.0 Å². The number of nitrogens with one attached hydrogen (secondary N) is 2. The SMILES string of the molecule is CCN1CCc2nc(NC(=O)COc3cccc(NC(=O)c4ccco4)c3)sc2C1. The van der Waals surface area contributed by atoms with Crippen LogP contribution in [0.25, 0.3) is 0 Å². The quantitative estimate of drug-likeness (QED) is 0.601. The highest BCUT2D eigenvalue weighted by molar-refractivity contribution is 7.15. The molecule has 0 saturated carbocycles. The molecule has 8 nitrogen and oxygen atoms in total. The zero-order valence-corrected chi connectivity index (χ0v) is 17.3. The highest BCUT2D eigenvalue weighted by Gasteiger charge is 2.20. The summed E-state index contributed by atoms with van der Waals surface area (Å²) in [5.41, 5.74) is 1.61. The van der Waals surface area contributed by atoms with Gasteiger partial charge in [-0.15, -0.1) is 11.3 Å². The van der Waals surface area contributed by atoms with Crippen molar-refractivity contribution in [2.24, 2.45) is 0 Å². The van der Waals surface area contributed by atoms with Crippen molar-refractivity contribution in [1.29, 1.82) is 0 Å². The van der Waals surface area contributed by atoms with Crippen LogP contribution in [0.1, 0.15) is 28.0 Å². The van der Waals surface area contributed by atoms with Crippen LogP contribution in [0.2, 0.25) is 0 Å². The maximum atomic E-state index is 12.3. The molecule has 3 heterocycles. The van der Waals surface area contributed by atoms with E-state index in [4.69, 9.17) is 9.15 Å². The number of aromatic nitrogens is 1. The van der Waals surface area contributed by atoms with E-state index in [1.165, 1.54) is 22.5 Å². The summed E-state index contributed by atoms with van der Waals surface area (Å²) in [5, 5.41) is 6.14. The van der Waals surface area contributed by atoms with Gasteiger partial charge in [0.15, 0.2) is 17.5 Å². The van der Waals surface area contributed by atoms with Crippen molar-refractivity contribution < 1.29 is 18.7 Å². The molecular formula is C21H22N4O4S. The molecule has 0 radical (unpaired) electrons. The number of carbonyl (C=O) groups is 2. The van der Waals surface area contributed by atoms with Gasteiger partial charge in [0.05, 0.1) is 12.0 Å². The Morgan fingerprint density at radius 2 is 2.17 bits per heavy atom. The van der Waals surface area contributed by atoms with Crippen LogP contribution in [0.3, 0.4) is 0 Å². The smallest absolute Gasteiger partial charge is 0.291 e. The van der Waals surface area contributed by atoms with E-state index >= 15 is 0 Å². The molecule has 9 heteroatoms. The Bertz CT molecular complexity index is 1030. The first kappa shape index (κ1) is 20.1. The summed E-state index contributed by atoms with van der Waals surface area (Å²) in [4.78, 5) is 32.4. The average Bonchev–Trinajstić information content (AvgIpc) is 3.41. The lowest BCUT2D eigenvalue weighted by Gasteiger charge is -2.23. The number of hydrogen-bond donors (Lipinski definition) is 2. The number of furan rings is 1. The number of likely N-dealkylation sites (N-methyl/N-ethyl adjacent to an activating group) is 1. The molecule has 1 aliphatic heterocycles. The summed E-state index contributed by atoms with van der Waals surface area (Å²) < 4.78 is 10.6. The molecule has 0 aliphatic carbocycles. The Balaban J connectivity index is 1.30. The lowest BCUT2D eigenvalue weighted by molar-refractivity contribution is -0.118. The van der Waals surface area contributed by atoms with Gasteiger partial charge < -0.3 is 14.5 Å². The number of thiazole rings is 1. The zero-order chi connectivity index (χ0) is 20.9. The van der Waals surface area contributed by atoms with E-state index in [1.807, 2.05) is 0 Å². The first-order valence-electron chi connectivity index (χ1n) is 9.69. The van der Waals surface area contributed by atoms with Gasteiger partial charge in [0.2, 0.25) is 0 Å². The van der Waals surface area contributed by atoms with Gasteiger partial charge >= 0.3 is 0 Å². The Morgan fingerprint density at radius 1 is 1.27 bits per heavy atom. The first-order chi connectivity index (χ1) is 14.6. The lowest BCUT2D eigenvalue weighted by Crippen LogP contribution is -2.29. The second-order valence-electron chi connectivity index (χ2n) is 6.80. The monoisotopic (exact) mass is 426 g/mol. The fourth-order valence-corrected chi connectivity index (χ4v) is 4.21. The molecule has 156 valence electrons. The second kappa shape index (κ2) is 9.10. The van der Waals surface area contributed by atoms with E-state index in [9.17, 15) is 9.59 Å². The number of carbonyl (C=O) groups excluding carboxylic acids is 2. The van der Waals surface area contributed by atoms with Gasteiger partial charge in [-0.3, -0.25) is 19.8 Å². The molecule has 1 aliphatic rings. The van der Waals surface area contributed by atoms with Crippen LogP contribution in [0.4, 0.5) is 10.8 Å². The van der Waals surface area contributed by atoms with E-state index in [2.05, 4.69) is 27.4 Å². The van der Waals surface area contributed by atoms with Crippen molar-refractivity contribution in [3.8, 4) is 5.75 Å². The molecule has 0 atom stereocenters. The molecule has 3 aromatic rings. The topological polar surface area (TPSA) is 96.7 Å². The predicted octanol–water partition coefficient (Wildman–Crippen LogP) is 3.38. The molecule has 2 amide bonds. The van der Waals surface area contributed by atoms with Gasteiger partial charge in [-0.1, -0.05) is 13.0 Å². The molecule has 0 fully saturated rings. The summed E-state index contributed by atoms with van der Waals surface area (Å²) in [6, 6.07) is 10.1. The number of hydrogen-bond acceptors (Lipinski definition) is 7. The highest BCUT2D eigenvalue weighted by Crippen LogP contribution is 2.28. The van der Waals surface area contributed by atoms with Gasteiger partial charge in [0.25, 0.3) is 11.8 Å². The number of benzene rings is 1. The molecule has 1 aromatic carbocycles. The van der Waals surface area contributed by atoms with E-state index < -0.39 is 0 Å². The second-order valence-corrected chi connectivity index (χ2v) is 7.89. The Kier molecular flexibility index (Phi) is 6.10. The summed E-state index contributed by atoms with van der Waals surface area (Å²) in [7, 11) is 0. The van der Waals surface area contributed by atoms with Gasteiger partial charge in [-0.2, -0.15) is 0 Å². The van der Waals surface area contributed by atoms with E-state index in [0.29, 0.717) is 16.6 Å². The Hall–Kier alpha value is -3.17. The molecule has 0 saturated heterocycles. The molecule has 0 unspecified atom stereocenters. The summed E-state index contributed by atoms with van der Waals surface area (Å²) in [5.74, 6) is 0.0519. The first-order valence-corrected chi connectivity index (χ1v) is 10.5. The molecule has 4 rings (SSSR count). The zero-order valence-electron chi connectivity index (χ0n) is 16.5. The fraction of sp³-hybridized carbons (Fsp3) is 0.286. The van der Waals surface area contributed by atoms with Crippen LogP contribution in [0, 0.1) is 0 Å². The van der Waals surface area contributed by atoms with Crippen molar-refractivity contribution in [1.82, 2.24) is 9.88 Å². The number of rotatable bonds is 7.